The third-order valence-corrected chi connectivity index (χ3v) is 3.79. The van der Waals surface area contributed by atoms with Crippen molar-refractivity contribution in [1.82, 2.24) is 0 Å². The van der Waals surface area contributed by atoms with E-state index in [1.807, 2.05) is 20.8 Å². The molecule has 2 nitrogen and oxygen atoms in total. The summed E-state index contributed by atoms with van der Waals surface area (Å²) < 4.78 is 0. The first kappa shape index (κ1) is 10.4. The van der Waals surface area contributed by atoms with Crippen molar-refractivity contribution >= 4 is 11.6 Å². The first-order valence-electron chi connectivity index (χ1n) is 5.09. The predicted octanol–water partition coefficient (Wildman–Crippen LogP) is 2.36. The van der Waals surface area contributed by atoms with Gasteiger partial charge in [0, 0.05) is 0 Å². The zero-order chi connectivity index (χ0) is 10.3. The Bertz CT molecular complexity index is 231. The Morgan fingerprint density at radius 3 is 1.54 bits per heavy atom. The maximum Gasteiger partial charge on any atom is 0.159 e. The highest BCUT2D eigenvalue weighted by molar-refractivity contribution is 6.30. The molecule has 1 fully saturated rings. The fourth-order valence-corrected chi connectivity index (χ4v) is 2.41. The SMILES string of the molecule is CCC1(C)C(=O)C(CC)(CC)C1=O. The third kappa shape index (κ3) is 0.946. The van der Waals surface area contributed by atoms with Crippen LogP contribution in [0.25, 0.3) is 0 Å². The second-order valence-electron chi connectivity index (χ2n) is 4.13. The first-order valence-corrected chi connectivity index (χ1v) is 5.09. The van der Waals surface area contributed by atoms with E-state index in [9.17, 15) is 9.59 Å². The summed E-state index contributed by atoms with van der Waals surface area (Å²) in [6, 6.07) is 0. The van der Waals surface area contributed by atoms with E-state index in [0.29, 0.717) is 19.3 Å². The molecule has 2 heteroatoms. The molecule has 0 aromatic rings. The van der Waals surface area contributed by atoms with Crippen LogP contribution in [0, 0.1) is 10.8 Å². The van der Waals surface area contributed by atoms with Crippen molar-refractivity contribution in [3.8, 4) is 0 Å². The van der Waals surface area contributed by atoms with Crippen LogP contribution >= 0.6 is 0 Å². The molecule has 0 aliphatic heterocycles. The van der Waals surface area contributed by atoms with Crippen LogP contribution in [0.1, 0.15) is 47.0 Å². The molecule has 0 bridgehead atoms. The molecule has 0 unspecified atom stereocenters. The van der Waals surface area contributed by atoms with Gasteiger partial charge in [0.15, 0.2) is 11.6 Å². The molecule has 13 heavy (non-hydrogen) atoms. The zero-order valence-electron chi connectivity index (χ0n) is 8.94. The van der Waals surface area contributed by atoms with E-state index >= 15 is 0 Å². The van der Waals surface area contributed by atoms with Crippen LogP contribution in [0.15, 0.2) is 0 Å². The molecule has 74 valence electrons. The predicted molar refractivity (Wildman–Crippen MR) is 51.4 cm³/mol. The van der Waals surface area contributed by atoms with Gasteiger partial charge in [0.1, 0.15) is 0 Å². The summed E-state index contributed by atoms with van der Waals surface area (Å²) in [4.78, 5) is 23.8. The number of hydrogen-bond donors (Lipinski definition) is 0. The van der Waals surface area contributed by atoms with Gasteiger partial charge in [-0.3, -0.25) is 9.59 Å². The number of hydrogen-bond acceptors (Lipinski definition) is 2. The molecule has 0 heterocycles. The Balaban J connectivity index is 3.01. The van der Waals surface area contributed by atoms with E-state index in [1.165, 1.54) is 0 Å². The van der Waals surface area contributed by atoms with Crippen LogP contribution in [0.5, 0.6) is 0 Å². The van der Waals surface area contributed by atoms with Gasteiger partial charge in [0.2, 0.25) is 0 Å². The molecule has 0 N–H and O–H groups in total. The van der Waals surface area contributed by atoms with Gasteiger partial charge in [-0.2, -0.15) is 0 Å². The van der Waals surface area contributed by atoms with Crippen molar-refractivity contribution in [3.05, 3.63) is 0 Å². The van der Waals surface area contributed by atoms with Crippen molar-refractivity contribution in [2.45, 2.75) is 47.0 Å². The van der Waals surface area contributed by atoms with E-state index in [2.05, 4.69) is 0 Å². The Hall–Kier alpha value is -0.660. The molecule has 0 spiro atoms. The highest BCUT2D eigenvalue weighted by Gasteiger charge is 2.65. The third-order valence-electron chi connectivity index (χ3n) is 3.79. The molecule has 0 aromatic heterocycles. The van der Waals surface area contributed by atoms with Crippen molar-refractivity contribution in [2.75, 3.05) is 0 Å². The molecule has 1 saturated carbocycles. The topological polar surface area (TPSA) is 34.1 Å². The van der Waals surface area contributed by atoms with Gasteiger partial charge in [-0.25, -0.2) is 0 Å². The van der Waals surface area contributed by atoms with Crippen LogP contribution in [0.2, 0.25) is 0 Å². The van der Waals surface area contributed by atoms with Gasteiger partial charge in [0.25, 0.3) is 0 Å². The van der Waals surface area contributed by atoms with Gasteiger partial charge in [0.05, 0.1) is 10.8 Å². The highest BCUT2D eigenvalue weighted by atomic mass is 16.2. The van der Waals surface area contributed by atoms with E-state index < -0.39 is 10.8 Å². The normalized spacial score (nSPS) is 24.3. The van der Waals surface area contributed by atoms with Gasteiger partial charge in [-0.05, 0) is 26.2 Å². The highest BCUT2D eigenvalue weighted by Crippen LogP contribution is 2.52. The minimum Gasteiger partial charge on any atom is -0.297 e. The van der Waals surface area contributed by atoms with Crippen molar-refractivity contribution < 1.29 is 9.59 Å². The van der Waals surface area contributed by atoms with Crippen LogP contribution in [0.3, 0.4) is 0 Å². The summed E-state index contributed by atoms with van der Waals surface area (Å²) in [6.45, 7) is 7.54. The fourth-order valence-electron chi connectivity index (χ4n) is 2.41. The first-order chi connectivity index (χ1) is 5.99. The molecule has 0 saturated heterocycles. The minimum atomic E-state index is -0.661. The van der Waals surface area contributed by atoms with Crippen LogP contribution in [-0.4, -0.2) is 11.6 Å². The standard InChI is InChI=1S/C11H18O2/c1-5-10(4)8(12)11(6-2,7-3)9(10)13/h5-7H2,1-4H3. The molecule has 0 atom stereocenters. The summed E-state index contributed by atoms with van der Waals surface area (Å²) in [5.74, 6) is 0.329. The number of rotatable bonds is 3. The molecule has 0 radical (unpaired) electrons. The number of carbonyl (C=O) groups is 2. The largest absolute Gasteiger partial charge is 0.297 e. The van der Waals surface area contributed by atoms with E-state index in [4.69, 9.17) is 0 Å². The van der Waals surface area contributed by atoms with Gasteiger partial charge in [-0.1, -0.05) is 20.8 Å². The lowest BCUT2D eigenvalue weighted by molar-refractivity contribution is -0.171. The maximum absolute atomic E-state index is 11.9. The molecule has 0 aromatic carbocycles. The van der Waals surface area contributed by atoms with Gasteiger partial charge in [-0.15, -0.1) is 0 Å². The lowest BCUT2D eigenvalue weighted by Gasteiger charge is -2.49. The maximum atomic E-state index is 11.9. The summed E-state index contributed by atoms with van der Waals surface area (Å²) in [6.07, 6.45) is 1.97. The second kappa shape index (κ2) is 2.93. The van der Waals surface area contributed by atoms with Crippen molar-refractivity contribution in [1.29, 1.82) is 0 Å². The average molecular weight is 182 g/mol. The molecular formula is C11H18O2. The van der Waals surface area contributed by atoms with Crippen LogP contribution < -0.4 is 0 Å². The zero-order valence-corrected chi connectivity index (χ0v) is 8.94. The van der Waals surface area contributed by atoms with E-state index in [0.717, 1.165) is 0 Å². The molecule has 1 rings (SSSR count). The number of Topliss-reactive ketones (excluding diaryl/α,β-unsaturated/α-hetero) is 2. The number of carbonyl (C=O) groups excluding carboxylic acids is 2. The quantitative estimate of drug-likeness (QED) is 0.628. The van der Waals surface area contributed by atoms with Crippen LogP contribution in [-0.2, 0) is 9.59 Å². The number of ketones is 2. The smallest absolute Gasteiger partial charge is 0.159 e. The van der Waals surface area contributed by atoms with Crippen LogP contribution in [0.4, 0.5) is 0 Å². The Labute approximate surface area is 79.7 Å². The summed E-state index contributed by atoms with van der Waals surface area (Å²) in [5, 5.41) is 0. The average Bonchev–Trinajstić information content (AvgIpc) is 2.18. The molecule has 1 aliphatic rings. The second-order valence-corrected chi connectivity index (χ2v) is 4.13. The van der Waals surface area contributed by atoms with Gasteiger partial charge >= 0.3 is 0 Å². The Morgan fingerprint density at radius 1 is 0.923 bits per heavy atom. The Kier molecular flexibility index (Phi) is 2.35. The summed E-state index contributed by atoms with van der Waals surface area (Å²) in [5.41, 5.74) is -1.28. The lowest BCUT2D eigenvalue weighted by atomic mass is 9.48. The fraction of sp³-hybridized carbons (Fsp3) is 0.818. The molecule has 1 aliphatic carbocycles. The van der Waals surface area contributed by atoms with E-state index in [-0.39, 0.29) is 11.6 Å². The summed E-state index contributed by atoms with van der Waals surface area (Å²) >= 11 is 0. The summed E-state index contributed by atoms with van der Waals surface area (Å²) in [7, 11) is 0. The van der Waals surface area contributed by atoms with Gasteiger partial charge < -0.3 is 0 Å². The molecular weight excluding hydrogens is 164 g/mol. The molecule has 0 amide bonds. The van der Waals surface area contributed by atoms with Crippen molar-refractivity contribution in [3.63, 3.8) is 0 Å². The van der Waals surface area contributed by atoms with Crippen molar-refractivity contribution in [2.24, 2.45) is 10.8 Å². The lowest BCUT2D eigenvalue weighted by Crippen LogP contribution is -2.64. The Morgan fingerprint density at radius 2 is 1.31 bits per heavy atom. The monoisotopic (exact) mass is 182 g/mol. The van der Waals surface area contributed by atoms with E-state index in [1.54, 1.807) is 6.92 Å². The minimum absolute atomic E-state index is 0.164.